The third kappa shape index (κ3) is 5.51. The lowest BCUT2D eigenvalue weighted by atomic mass is 10.1. The number of benzene rings is 3. The molecule has 0 spiro atoms. The lowest BCUT2D eigenvalue weighted by molar-refractivity contribution is -0.121. The van der Waals surface area contributed by atoms with Crippen molar-refractivity contribution in [3.63, 3.8) is 0 Å². The van der Waals surface area contributed by atoms with Gasteiger partial charge in [0.2, 0.25) is 15.9 Å². The molecule has 1 N–H and O–H groups in total. The fourth-order valence-electron chi connectivity index (χ4n) is 3.32. The van der Waals surface area contributed by atoms with Crippen LogP contribution < -0.4 is 14.4 Å². The zero-order valence-corrected chi connectivity index (χ0v) is 18.0. The summed E-state index contributed by atoms with van der Waals surface area (Å²) in [5.41, 5.74) is 1.49. The van der Waals surface area contributed by atoms with Crippen LogP contribution in [0.4, 0.5) is 5.69 Å². The van der Waals surface area contributed by atoms with Crippen LogP contribution in [0.2, 0.25) is 0 Å². The molecule has 6 nitrogen and oxygen atoms in total. The van der Waals surface area contributed by atoms with Crippen LogP contribution in [0.15, 0.2) is 66.7 Å². The smallest absolute Gasteiger partial charge is 0.232 e. The number of nitrogens with zero attached hydrogens (tertiary/aromatic N) is 1. The summed E-state index contributed by atoms with van der Waals surface area (Å²) in [7, 11) is -2.00. The van der Waals surface area contributed by atoms with Gasteiger partial charge in [-0.1, -0.05) is 48.5 Å². The molecule has 3 rings (SSSR count). The molecule has 0 aliphatic heterocycles. The first-order chi connectivity index (χ1) is 14.4. The topological polar surface area (TPSA) is 75.7 Å². The molecule has 0 atom stereocenters. The number of hydrogen-bond donors (Lipinski definition) is 1. The van der Waals surface area contributed by atoms with Gasteiger partial charge in [-0.3, -0.25) is 9.10 Å². The van der Waals surface area contributed by atoms with Crippen molar-refractivity contribution in [2.45, 2.75) is 19.4 Å². The number of methoxy groups -OCH3 is 1. The van der Waals surface area contributed by atoms with E-state index in [1.54, 1.807) is 24.3 Å². The van der Waals surface area contributed by atoms with Crippen molar-refractivity contribution < 1.29 is 17.9 Å². The zero-order chi connectivity index (χ0) is 21.6. The van der Waals surface area contributed by atoms with E-state index in [1.165, 1.54) is 11.4 Å². The molecule has 0 aliphatic rings. The van der Waals surface area contributed by atoms with Gasteiger partial charge in [-0.05, 0) is 41.0 Å². The van der Waals surface area contributed by atoms with E-state index in [-0.39, 0.29) is 18.9 Å². The predicted octanol–water partition coefficient (Wildman–Crippen LogP) is 3.71. The molecule has 0 saturated carbocycles. The van der Waals surface area contributed by atoms with Gasteiger partial charge in [0.1, 0.15) is 5.75 Å². The molecule has 0 aromatic heterocycles. The minimum Gasteiger partial charge on any atom is -0.495 e. The monoisotopic (exact) mass is 426 g/mol. The molecule has 0 aliphatic carbocycles. The van der Waals surface area contributed by atoms with Crippen molar-refractivity contribution >= 4 is 32.4 Å². The first-order valence-electron chi connectivity index (χ1n) is 9.73. The van der Waals surface area contributed by atoms with Crippen molar-refractivity contribution in [1.82, 2.24) is 5.32 Å². The highest BCUT2D eigenvalue weighted by Crippen LogP contribution is 2.29. The third-order valence-electron chi connectivity index (χ3n) is 4.82. The average molecular weight is 427 g/mol. The van der Waals surface area contributed by atoms with Crippen molar-refractivity contribution in [1.29, 1.82) is 0 Å². The summed E-state index contributed by atoms with van der Waals surface area (Å²) in [6.07, 6.45) is 1.78. The Morgan fingerprint density at radius 2 is 1.70 bits per heavy atom. The van der Waals surface area contributed by atoms with Crippen LogP contribution in [0.1, 0.15) is 18.4 Å². The lowest BCUT2D eigenvalue weighted by Gasteiger charge is -2.24. The van der Waals surface area contributed by atoms with Crippen LogP contribution in [0.3, 0.4) is 0 Å². The molecular formula is C23H26N2O4S. The van der Waals surface area contributed by atoms with Gasteiger partial charge in [0, 0.05) is 19.5 Å². The van der Waals surface area contributed by atoms with E-state index in [0.717, 1.165) is 22.6 Å². The Morgan fingerprint density at radius 3 is 2.43 bits per heavy atom. The van der Waals surface area contributed by atoms with Gasteiger partial charge in [0.15, 0.2) is 0 Å². The summed E-state index contributed by atoms with van der Waals surface area (Å²) in [6.45, 7) is 0.633. The maximum Gasteiger partial charge on any atom is 0.232 e. The Hall–Kier alpha value is -3.06. The van der Waals surface area contributed by atoms with Crippen LogP contribution in [0.5, 0.6) is 5.75 Å². The molecule has 7 heteroatoms. The van der Waals surface area contributed by atoms with Crippen LogP contribution in [0.25, 0.3) is 10.8 Å². The largest absolute Gasteiger partial charge is 0.495 e. The molecule has 158 valence electrons. The maximum absolute atomic E-state index is 12.3. The van der Waals surface area contributed by atoms with Crippen molar-refractivity contribution in [2.75, 3.05) is 24.2 Å². The second-order valence-corrected chi connectivity index (χ2v) is 8.98. The van der Waals surface area contributed by atoms with Crippen molar-refractivity contribution in [2.24, 2.45) is 0 Å². The molecule has 0 fully saturated rings. The molecule has 0 saturated heterocycles. The summed E-state index contributed by atoms with van der Waals surface area (Å²) in [5, 5.41) is 5.19. The molecule has 1 amide bonds. The van der Waals surface area contributed by atoms with E-state index in [9.17, 15) is 13.2 Å². The molecular weight excluding hydrogens is 400 g/mol. The van der Waals surface area contributed by atoms with Gasteiger partial charge in [0.25, 0.3) is 0 Å². The number of rotatable bonds is 9. The lowest BCUT2D eigenvalue weighted by Crippen LogP contribution is -2.32. The molecule has 0 unspecified atom stereocenters. The van der Waals surface area contributed by atoms with Crippen molar-refractivity contribution in [3.8, 4) is 5.75 Å². The number of nitrogens with one attached hydrogen (secondary N) is 1. The minimum atomic E-state index is -3.50. The van der Waals surface area contributed by atoms with Gasteiger partial charge in [0.05, 0.1) is 19.1 Å². The Kier molecular flexibility index (Phi) is 6.95. The normalized spacial score (nSPS) is 11.3. The molecule has 0 bridgehead atoms. The highest BCUT2D eigenvalue weighted by Gasteiger charge is 2.20. The number of sulfonamides is 1. The fraction of sp³-hybridized carbons (Fsp3) is 0.261. The van der Waals surface area contributed by atoms with Gasteiger partial charge < -0.3 is 10.1 Å². The molecule has 0 radical (unpaired) electrons. The zero-order valence-electron chi connectivity index (χ0n) is 17.2. The van der Waals surface area contributed by atoms with E-state index in [0.29, 0.717) is 24.4 Å². The molecule has 3 aromatic rings. The van der Waals surface area contributed by atoms with E-state index < -0.39 is 10.0 Å². The van der Waals surface area contributed by atoms with Crippen LogP contribution >= 0.6 is 0 Å². The summed E-state index contributed by atoms with van der Waals surface area (Å²) in [4.78, 5) is 12.3. The number of carbonyl (C=O) groups excluding carboxylic acids is 1. The first-order valence-corrected chi connectivity index (χ1v) is 11.6. The highest BCUT2D eigenvalue weighted by atomic mass is 32.2. The highest BCUT2D eigenvalue weighted by molar-refractivity contribution is 7.92. The first kappa shape index (κ1) is 21.6. The van der Waals surface area contributed by atoms with E-state index in [1.807, 2.05) is 36.4 Å². The van der Waals surface area contributed by atoms with Crippen LogP contribution in [-0.2, 0) is 21.4 Å². The van der Waals surface area contributed by atoms with Gasteiger partial charge in [-0.15, -0.1) is 0 Å². The Balaban J connectivity index is 1.56. The number of ether oxygens (including phenoxy) is 1. The SMILES string of the molecule is COc1ccccc1N(CCCC(=O)NCc1ccc2ccccc2c1)S(C)(=O)=O. The molecule has 30 heavy (non-hydrogen) atoms. The Morgan fingerprint density at radius 1 is 1.00 bits per heavy atom. The summed E-state index contributed by atoms with van der Waals surface area (Å²) >= 11 is 0. The van der Waals surface area contributed by atoms with Gasteiger partial charge >= 0.3 is 0 Å². The summed E-state index contributed by atoms with van der Waals surface area (Å²) < 4.78 is 31.1. The Bertz CT molecular complexity index is 1130. The summed E-state index contributed by atoms with van der Waals surface area (Å²) in [5.74, 6) is 0.361. The number of carbonyl (C=O) groups is 1. The third-order valence-corrected chi connectivity index (χ3v) is 6.00. The Labute approximate surface area is 177 Å². The van der Waals surface area contributed by atoms with Crippen molar-refractivity contribution in [3.05, 3.63) is 72.3 Å². The van der Waals surface area contributed by atoms with Crippen LogP contribution in [-0.4, -0.2) is 34.2 Å². The van der Waals surface area contributed by atoms with E-state index >= 15 is 0 Å². The standard InChI is InChI=1S/C23H26N2O4S/c1-29-22-11-6-5-10-21(22)25(30(2,27)28)15-7-12-23(26)24-17-18-13-14-19-8-3-4-9-20(19)16-18/h3-6,8-11,13-14,16H,7,12,15,17H2,1-2H3,(H,24,26). The number of para-hydroxylation sites is 2. The number of amides is 1. The molecule has 0 heterocycles. The summed E-state index contributed by atoms with van der Waals surface area (Å²) in [6, 6.07) is 21.1. The second kappa shape index (κ2) is 9.63. The van der Waals surface area contributed by atoms with Gasteiger partial charge in [-0.25, -0.2) is 8.42 Å². The number of anilines is 1. The number of hydrogen-bond acceptors (Lipinski definition) is 4. The van der Waals surface area contributed by atoms with E-state index in [2.05, 4.69) is 11.4 Å². The van der Waals surface area contributed by atoms with Crippen LogP contribution in [0, 0.1) is 0 Å². The fourth-order valence-corrected chi connectivity index (χ4v) is 4.29. The predicted molar refractivity (Wildman–Crippen MR) is 120 cm³/mol. The van der Waals surface area contributed by atoms with Gasteiger partial charge in [-0.2, -0.15) is 0 Å². The number of fused-ring (bicyclic) bond motifs is 1. The average Bonchev–Trinajstić information content (AvgIpc) is 2.74. The second-order valence-electron chi connectivity index (χ2n) is 7.07. The van der Waals surface area contributed by atoms with E-state index in [4.69, 9.17) is 4.74 Å². The quantitative estimate of drug-likeness (QED) is 0.566. The maximum atomic E-state index is 12.3. The molecule has 3 aromatic carbocycles. The minimum absolute atomic E-state index is 0.114.